The molecule has 98 valence electrons. The fraction of sp³-hybridized carbons (Fsp3) is 0.182. The lowest BCUT2D eigenvalue weighted by Crippen LogP contribution is -2.04. The molecule has 8 heteroatoms. The van der Waals surface area contributed by atoms with E-state index in [1.807, 2.05) is 6.92 Å². The van der Waals surface area contributed by atoms with Crippen molar-refractivity contribution in [1.82, 2.24) is 15.0 Å². The van der Waals surface area contributed by atoms with Gasteiger partial charge in [-0.3, -0.25) is 15.1 Å². The van der Waals surface area contributed by atoms with Crippen LogP contribution in [0.5, 0.6) is 11.6 Å². The van der Waals surface area contributed by atoms with Crippen LogP contribution in [0.4, 0.5) is 11.6 Å². The fourth-order valence-electron chi connectivity index (χ4n) is 1.47. The number of rotatable bonds is 3. The molecule has 0 aliphatic rings. The van der Waals surface area contributed by atoms with Gasteiger partial charge in [0, 0.05) is 5.69 Å². The number of nitrogen functional groups attached to an aromatic ring is 1. The van der Waals surface area contributed by atoms with Gasteiger partial charge >= 0.3 is 11.6 Å². The number of nitrogens with two attached hydrogens (primary N) is 1. The highest BCUT2D eigenvalue weighted by Crippen LogP contribution is 2.31. The summed E-state index contributed by atoms with van der Waals surface area (Å²) in [6, 6.07) is 3.36. The fourth-order valence-corrected chi connectivity index (χ4v) is 1.47. The van der Waals surface area contributed by atoms with E-state index >= 15 is 0 Å². The standard InChI is InChI=1S/C11H11N5O3/c1-6-3-4-8(5-13-6)19-10-9(16(17)18)7(2)14-11(12)15-10/h3-5H,1-2H3,(H2,12,14,15). The van der Waals surface area contributed by atoms with Crippen LogP contribution >= 0.6 is 0 Å². The number of nitro groups is 1. The molecule has 0 aliphatic carbocycles. The Morgan fingerprint density at radius 2 is 2.05 bits per heavy atom. The van der Waals surface area contributed by atoms with Crippen LogP contribution in [-0.4, -0.2) is 19.9 Å². The highest BCUT2D eigenvalue weighted by atomic mass is 16.6. The minimum atomic E-state index is -0.605. The second-order valence-corrected chi connectivity index (χ2v) is 3.82. The molecule has 0 aliphatic heterocycles. The van der Waals surface area contributed by atoms with E-state index in [1.165, 1.54) is 13.1 Å². The van der Waals surface area contributed by atoms with Crippen molar-refractivity contribution in [2.75, 3.05) is 5.73 Å². The third kappa shape index (κ3) is 2.73. The van der Waals surface area contributed by atoms with Gasteiger partial charge in [0.25, 0.3) is 0 Å². The van der Waals surface area contributed by atoms with Crippen LogP contribution < -0.4 is 10.5 Å². The Morgan fingerprint density at radius 3 is 2.63 bits per heavy atom. The van der Waals surface area contributed by atoms with Crippen molar-refractivity contribution in [3.63, 3.8) is 0 Å². The number of hydrogen-bond acceptors (Lipinski definition) is 7. The number of aromatic nitrogens is 3. The van der Waals surface area contributed by atoms with Crippen molar-refractivity contribution in [2.45, 2.75) is 13.8 Å². The maximum atomic E-state index is 11.0. The van der Waals surface area contributed by atoms with E-state index in [4.69, 9.17) is 10.5 Å². The van der Waals surface area contributed by atoms with Gasteiger partial charge in [-0.2, -0.15) is 4.98 Å². The molecule has 0 radical (unpaired) electrons. The van der Waals surface area contributed by atoms with Crippen LogP contribution in [0.2, 0.25) is 0 Å². The number of pyridine rings is 1. The molecule has 2 heterocycles. The van der Waals surface area contributed by atoms with E-state index in [0.717, 1.165) is 5.69 Å². The molecule has 8 nitrogen and oxygen atoms in total. The summed E-state index contributed by atoms with van der Waals surface area (Å²) in [6.45, 7) is 3.29. The molecule has 2 aromatic rings. The summed E-state index contributed by atoms with van der Waals surface area (Å²) < 4.78 is 5.35. The van der Waals surface area contributed by atoms with Crippen molar-refractivity contribution in [3.05, 3.63) is 39.8 Å². The predicted octanol–water partition coefficient (Wildman–Crippen LogP) is 1.77. The first-order valence-corrected chi connectivity index (χ1v) is 5.36. The van der Waals surface area contributed by atoms with E-state index in [-0.39, 0.29) is 23.2 Å². The van der Waals surface area contributed by atoms with E-state index in [9.17, 15) is 10.1 Å². The Labute approximate surface area is 108 Å². The van der Waals surface area contributed by atoms with E-state index < -0.39 is 4.92 Å². The Morgan fingerprint density at radius 1 is 1.32 bits per heavy atom. The highest BCUT2D eigenvalue weighted by Gasteiger charge is 2.23. The molecule has 2 rings (SSSR count). The summed E-state index contributed by atoms with van der Waals surface area (Å²) in [6.07, 6.45) is 1.45. The molecule has 0 aromatic carbocycles. The maximum Gasteiger partial charge on any atom is 0.352 e. The SMILES string of the molecule is Cc1ccc(Oc2nc(N)nc(C)c2[N+](=O)[O-])cn1. The second kappa shape index (κ2) is 4.84. The lowest BCUT2D eigenvalue weighted by atomic mass is 10.3. The average Bonchev–Trinajstić information content (AvgIpc) is 2.30. The zero-order valence-corrected chi connectivity index (χ0v) is 10.3. The monoisotopic (exact) mass is 261 g/mol. The van der Waals surface area contributed by atoms with Crippen molar-refractivity contribution in [1.29, 1.82) is 0 Å². The molecule has 0 saturated heterocycles. The lowest BCUT2D eigenvalue weighted by molar-refractivity contribution is -0.386. The Hall–Kier alpha value is -2.77. The molecule has 0 atom stereocenters. The summed E-state index contributed by atoms with van der Waals surface area (Å²) in [4.78, 5) is 21.9. The molecule has 2 N–H and O–H groups in total. The van der Waals surface area contributed by atoms with Gasteiger partial charge in [0.15, 0.2) is 0 Å². The zero-order valence-electron chi connectivity index (χ0n) is 10.3. The van der Waals surface area contributed by atoms with E-state index in [0.29, 0.717) is 5.75 Å². The molecular formula is C11H11N5O3. The first-order valence-electron chi connectivity index (χ1n) is 5.36. The normalized spacial score (nSPS) is 10.2. The van der Waals surface area contributed by atoms with Gasteiger partial charge in [-0.1, -0.05) is 0 Å². The first-order chi connectivity index (χ1) is 8.97. The van der Waals surface area contributed by atoms with Crippen LogP contribution in [0.1, 0.15) is 11.4 Å². The van der Waals surface area contributed by atoms with Gasteiger partial charge in [-0.15, -0.1) is 0 Å². The van der Waals surface area contributed by atoms with Gasteiger partial charge in [0.1, 0.15) is 11.4 Å². The van der Waals surface area contributed by atoms with Gasteiger partial charge in [0.2, 0.25) is 5.95 Å². The number of hydrogen-bond donors (Lipinski definition) is 1. The predicted molar refractivity (Wildman–Crippen MR) is 66.9 cm³/mol. The minimum Gasteiger partial charge on any atom is -0.432 e. The van der Waals surface area contributed by atoms with E-state index in [2.05, 4.69) is 15.0 Å². The molecule has 2 aromatic heterocycles. The van der Waals surface area contributed by atoms with Crippen LogP contribution in [0, 0.1) is 24.0 Å². The van der Waals surface area contributed by atoms with Gasteiger partial charge in [-0.25, -0.2) is 4.98 Å². The molecule has 19 heavy (non-hydrogen) atoms. The molecule has 0 saturated carbocycles. The lowest BCUT2D eigenvalue weighted by Gasteiger charge is -2.07. The van der Waals surface area contributed by atoms with Crippen LogP contribution in [0.25, 0.3) is 0 Å². The van der Waals surface area contributed by atoms with Crippen LogP contribution in [-0.2, 0) is 0 Å². The Bertz CT molecular complexity index is 627. The largest absolute Gasteiger partial charge is 0.432 e. The highest BCUT2D eigenvalue weighted by molar-refractivity contribution is 5.49. The summed E-state index contributed by atoms with van der Waals surface area (Å²) in [5, 5.41) is 11.0. The third-order valence-electron chi connectivity index (χ3n) is 2.32. The number of nitrogens with zero attached hydrogens (tertiary/aromatic N) is 4. The molecule has 0 amide bonds. The van der Waals surface area contributed by atoms with Crippen molar-refractivity contribution < 1.29 is 9.66 Å². The van der Waals surface area contributed by atoms with Gasteiger partial charge in [-0.05, 0) is 26.0 Å². The van der Waals surface area contributed by atoms with Gasteiger partial charge in [0.05, 0.1) is 11.1 Å². The average molecular weight is 261 g/mol. The van der Waals surface area contributed by atoms with E-state index in [1.54, 1.807) is 12.1 Å². The number of ether oxygens (including phenoxy) is 1. The zero-order chi connectivity index (χ0) is 14.0. The molecule has 0 bridgehead atoms. The van der Waals surface area contributed by atoms with Gasteiger partial charge < -0.3 is 10.5 Å². The number of aryl methyl sites for hydroxylation is 2. The molecule has 0 fully saturated rings. The second-order valence-electron chi connectivity index (χ2n) is 3.82. The molecular weight excluding hydrogens is 250 g/mol. The van der Waals surface area contributed by atoms with Crippen molar-refractivity contribution in [2.24, 2.45) is 0 Å². The Balaban J connectivity index is 2.44. The van der Waals surface area contributed by atoms with Crippen molar-refractivity contribution in [3.8, 4) is 11.6 Å². The maximum absolute atomic E-state index is 11.0. The smallest absolute Gasteiger partial charge is 0.352 e. The van der Waals surface area contributed by atoms with Crippen LogP contribution in [0.15, 0.2) is 18.3 Å². The van der Waals surface area contributed by atoms with Crippen molar-refractivity contribution >= 4 is 11.6 Å². The quantitative estimate of drug-likeness (QED) is 0.660. The summed E-state index contributed by atoms with van der Waals surface area (Å²) in [7, 11) is 0. The molecule has 0 unspecified atom stereocenters. The third-order valence-corrected chi connectivity index (χ3v) is 2.32. The summed E-state index contributed by atoms with van der Waals surface area (Å²) >= 11 is 0. The summed E-state index contributed by atoms with van der Waals surface area (Å²) in [5.41, 5.74) is 6.11. The minimum absolute atomic E-state index is 0.0850. The Kier molecular flexibility index (Phi) is 3.23. The molecule has 0 spiro atoms. The topological polar surface area (TPSA) is 117 Å². The first kappa shape index (κ1) is 12.7. The van der Waals surface area contributed by atoms with Crippen LogP contribution in [0.3, 0.4) is 0 Å². The number of anilines is 1. The summed E-state index contributed by atoms with van der Waals surface area (Å²) in [5.74, 6) is 0.0602.